The fraction of sp³-hybridized carbons (Fsp3) is 0.562. The lowest BCUT2D eigenvalue weighted by Crippen LogP contribution is -2.37. The molecule has 0 aliphatic heterocycles. The highest BCUT2D eigenvalue weighted by Crippen LogP contribution is 2.27. The number of nitrogens with one attached hydrogen (secondary N) is 1. The third kappa shape index (κ3) is 3.57. The number of carbonyl (C=O) groups is 1. The normalized spacial score (nSPS) is 24.9. The zero-order valence-electron chi connectivity index (χ0n) is 11.7. The Morgan fingerprint density at radius 1 is 1.37 bits per heavy atom. The zero-order chi connectivity index (χ0) is 13.8. The molecule has 1 fully saturated rings. The van der Waals surface area contributed by atoms with Crippen LogP contribution in [0.4, 0.5) is 0 Å². The predicted octanol–water partition coefficient (Wildman–Crippen LogP) is 3.29. The van der Waals surface area contributed by atoms with Crippen LogP contribution in [0.25, 0.3) is 0 Å². The fourth-order valence-electron chi connectivity index (χ4n) is 3.08. The topological polar surface area (TPSA) is 49.3 Å². The smallest absolute Gasteiger partial charge is 0.306 e. The summed E-state index contributed by atoms with van der Waals surface area (Å²) in [4.78, 5) is 11.1. The number of rotatable bonds is 4. The van der Waals surface area contributed by atoms with Crippen molar-refractivity contribution in [2.24, 2.45) is 5.92 Å². The van der Waals surface area contributed by atoms with Crippen molar-refractivity contribution in [1.82, 2.24) is 5.32 Å². The van der Waals surface area contributed by atoms with Crippen molar-refractivity contribution in [2.45, 2.75) is 51.6 Å². The van der Waals surface area contributed by atoms with Crippen LogP contribution in [-0.4, -0.2) is 17.1 Å². The third-order valence-corrected chi connectivity index (χ3v) is 4.16. The Morgan fingerprint density at radius 2 is 2.11 bits per heavy atom. The van der Waals surface area contributed by atoms with Crippen molar-refractivity contribution in [3.05, 3.63) is 35.4 Å². The Kier molecular flexibility index (Phi) is 4.59. The lowest BCUT2D eigenvalue weighted by molar-refractivity contribution is -0.143. The first kappa shape index (κ1) is 14.1. The van der Waals surface area contributed by atoms with Crippen LogP contribution in [0.2, 0.25) is 0 Å². The number of hydrogen-bond donors (Lipinski definition) is 2. The number of hydrogen-bond acceptors (Lipinski definition) is 2. The minimum absolute atomic E-state index is 0.171. The molecule has 3 heteroatoms. The molecule has 1 aliphatic rings. The number of aryl methyl sites for hydroxylation is 1. The summed E-state index contributed by atoms with van der Waals surface area (Å²) < 4.78 is 0. The van der Waals surface area contributed by atoms with Crippen LogP contribution < -0.4 is 5.32 Å². The SMILES string of the molecule is Cc1ccccc1[C@@H](C)NC1CCCC(C(=O)O)C1. The minimum atomic E-state index is -0.643. The molecule has 19 heavy (non-hydrogen) atoms. The van der Waals surface area contributed by atoms with Crippen LogP contribution in [0.5, 0.6) is 0 Å². The molecule has 0 heterocycles. The van der Waals surface area contributed by atoms with Crippen LogP contribution >= 0.6 is 0 Å². The van der Waals surface area contributed by atoms with Gasteiger partial charge in [0.05, 0.1) is 5.92 Å². The molecule has 0 bridgehead atoms. The average molecular weight is 261 g/mol. The number of carboxylic acid groups (broad SMARTS) is 1. The van der Waals surface area contributed by atoms with Crippen molar-refractivity contribution in [3.8, 4) is 0 Å². The van der Waals surface area contributed by atoms with Crippen LogP contribution in [0.3, 0.4) is 0 Å². The van der Waals surface area contributed by atoms with Gasteiger partial charge in [-0.3, -0.25) is 4.79 Å². The number of carboxylic acids is 1. The molecule has 0 aromatic heterocycles. The standard InChI is InChI=1S/C16H23NO2/c1-11-6-3-4-9-15(11)12(2)17-14-8-5-7-13(10-14)16(18)19/h3-4,6,9,12-14,17H,5,7-8,10H2,1-2H3,(H,18,19)/t12-,13?,14?/m1/s1. The third-order valence-electron chi connectivity index (χ3n) is 4.16. The Morgan fingerprint density at radius 3 is 2.79 bits per heavy atom. The van der Waals surface area contributed by atoms with Gasteiger partial charge in [-0.05, 0) is 44.2 Å². The van der Waals surface area contributed by atoms with Gasteiger partial charge in [-0.1, -0.05) is 30.7 Å². The fourth-order valence-corrected chi connectivity index (χ4v) is 3.08. The molecule has 1 aliphatic carbocycles. The van der Waals surface area contributed by atoms with Gasteiger partial charge in [-0.25, -0.2) is 0 Å². The van der Waals surface area contributed by atoms with Crippen LogP contribution in [0.15, 0.2) is 24.3 Å². The van der Waals surface area contributed by atoms with E-state index in [4.69, 9.17) is 5.11 Å². The van der Waals surface area contributed by atoms with Gasteiger partial charge in [-0.2, -0.15) is 0 Å². The van der Waals surface area contributed by atoms with Gasteiger partial charge in [0.1, 0.15) is 0 Å². The van der Waals surface area contributed by atoms with Gasteiger partial charge in [0, 0.05) is 12.1 Å². The molecule has 2 rings (SSSR count). The highest BCUT2D eigenvalue weighted by atomic mass is 16.4. The van der Waals surface area contributed by atoms with E-state index in [1.54, 1.807) is 0 Å². The second kappa shape index (κ2) is 6.20. The maximum Gasteiger partial charge on any atom is 0.306 e. The molecule has 0 spiro atoms. The predicted molar refractivity (Wildman–Crippen MR) is 76.1 cm³/mol. The second-order valence-corrected chi connectivity index (χ2v) is 5.64. The largest absolute Gasteiger partial charge is 0.481 e. The van der Waals surface area contributed by atoms with Crippen LogP contribution in [0.1, 0.15) is 49.8 Å². The van der Waals surface area contributed by atoms with Crippen molar-refractivity contribution < 1.29 is 9.90 Å². The highest BCUT2D eigenvalue weighted by Gasteiger charge is 2.27. The quantitative estimate of drug-likeness (QED) is 0.874. The summed E-state index contributed by atoms with van der Waals surface area (Å²) in [5.74, 6) is -0.814. The summed E-state index contributed by atoms with van der Waals surface area (Å²) in [7, 11) is 0. The van der Waals surface area contributed by atoms with Crippen LogP contribution in [0, 0.1) is 12.8 Å². The first-order chi connectivity index (χ1) is 9.08. The molecule has 2 unspecified atom stereocenters. The van der Waals surface area contributed by atoms with Gasteiger partial charge in [0.2, 0.25) is 0 Å². The van der Waals surface area contributed by atoms with Crippen LogP contribution in [-0.2, 0) is 4.79 Å². The molecule has 104 valence electrons. The number of benzene rings is 1. The Labute approximate surface area is 115 Å². The van der Waals surface area contributed by atoms with Gasteiger partial charge in [0.25, 0.3) is 0 Å². The first-order valence-electron chi connectivity index (χ1n) is 7.12. The van der Waals surface area contributed by atoms with Gasteiger partial charge >= 0.3 is 5.97 Å². The summed E-state index contributed by atoms with van der Waals surface area (Å²) >= 11 is 0. The van der Waals surface area contributed by atoms with E-state index in [2.05, 4.69) is 37.4 Å². The summed E-state index contributed by atoms with van der Waals surface area (Å²) in [5.41, 5.74) is 2.59. The van der Waals surface area contributed by atoms with Crippen molar-refractivity contribution >= 4 is 5.97 Å². The van der Waals surface area contributed by atoms with E-state index in [-0.39, 0.29) is 12.0 Å². The molecule has 1 aromatic rings. The molecule has 1 aromatic carbocycles. The van der Waals surface area contributed by atoms with E-state index >= 15 is 0 Å². The second-order valence-electron chi connectivity index (χ2n) is 5.64. The lowest BCUT2D eigenvalue weighted by atomic mass is 9.85. The molecule has 2 N–H and O–H groups in total. The summed E-state index contributed by atoms with van der Waals surface area (Å²) in [6.45, 7) is 4.28. The average Bonchev–Trinajstić information content (AvgIpc) is 2.39. The Hall–Kier alpha value is -1.35. The van der Waals surface area contributed by atoms with E-state index < -0.39 is 5.97 Å². The van der Waals surface area contributed by atoms with E-state index in [0.717, 1.165) is 25.7 Å². The van der Waals surface area contributed by atoms with E-state index in [9.17, 15) is 4.79 Å². The van der Waals surface area contributed by atoms with Crippen molar-refractivity contribution in [1.29, 1.82) is 0 Å². The molecule has 3 atom stereocenters. The maximum absolute atomic E-state index is 11.1. The van der Waals surface area contributed by atoms with E-state index in [0.29, 0.717) is 6.04 Å². The molecule has 0 saturated heterocycles. The molecule has 0 radical (unpaired) electrons. The van der Waals surface area contributed by atoms with Gasteiger partial charge < -0.3 is 10.4 Å². The monoisotopic (exact) mass is 261 g/mol. The van der Waals surface area contributed by atoms with E-state index in [1.165, 1.54) is 11.1 Å². The lowest BCUT2D eigenvalue weighted by Gasteiger charge is -2.30. The molecule has 0 amide bonds. The maximum atomic E-state index is 11.1. The van der Waals surface area contributed by atoms with Crippen molar-refractivity contribution in [3.63, 3.8) is 0 Å². The first-order valence-corrected chi connectivity index (χ1v) is 7.12. The highest BCUT2D eigenvalue weighted by molar-refractivity contribution is 5.70. The van der Waals surface area contributed by atoms with Crippen molar-refractivity contribution in [2.75, 3.05) is 0 Å². The summed E-state index contributed by atoms with van der Waals surface area (Å²) in [6, 6.07) is 8.97. The Bertz CT molecular complexity index is 444. The van der Waals surface area contributed by atoms with Gasteiger partial charge in [-0.15, -0.1) is 0 Å². The number of aliphatic carboxylic acids is 1. The minimum Gasteiger partial charge on any atom is -0.481 e. The molecule has 1 saturated carbocycles. The van der Waals surface area contributed by atoms with Gasteiger partial charge in [0.15, 0.2) is 0 Å². The zero-order valence-corrected chi connectivity index (χ0v) is 11.7. The van der Waals surface area contributed by atoms with E-state index in [1.807, 2.05) is 6.07 Å². The molecule has 3 nitrogen and oxygen atoms in total. The summed E-state index contributed by atoms with van der Waals surface area (Å²) in [6.07, 6.45) is 3.67. The molecular formula is C16H23NO2. The Balaban J connectivity index is 1.97. The summed E-state index contributed by atoms with van der Waals surface area (Å²) in [5, 5.41) is 12.7. The molecular weight excluding hydrogens is 238 g/mol.